The second-order valence-corrected chi connectivity index (χ2v) is 4.34. The van der Waals surface area contributed by atoms with E-state index in [9.17, 15) is 0 Å². The van der Waals surface area contributed by atoms with E-state index in [1.807, 2.05) is 43.1 Å². The Bertz CT molecular complexity index is 680. The number of nitrogens with one attached hydrogen (secondary N) is 1. The first-order chi connectivity index (χ1) is 9.22. The van der Waals surface area contributed by atoms with Gasteiger partial charge in [-0.05, 0) is 24.6 Å². The van der Waals surface area contributed by atoms with Crippen molar-refractivity contribution >= 4 is 6.01 Å². The van der Waals surface area contributed by atoms with E-state index in [0.29, 0.717) is 18.5 Å². The van der Waals surface area contributed by atoms with E-state index in [4.69, 9.17) is 8.83 Å². The molecule has 0 radical (unpaired) electrons. The largest absolute Gasteiger partial charge is 0.469 e. The molecule has 0 aliphatic heterocycles. The summed E-state index contributed by atoms with van der Waals surface area (Å²) in [5, 5.41) is 11.0. The van der Waals surface area contributed by atoms with Gasteiger partial charge in [-0.15, -0.1) is 5.10 Å². The molecule has 0 bridgehead atoms. The Morgan fingerprint density at radius 1 is 1.32 bits per heavy atom. The second-order valence-electron chi connectivity index (χ2n) is 4.34. The zero-order valence-electron chi connectivity index (χ0n) is 10.8. The van der Waals surface area contributed by atoms with Gasteiger partial charge < -0.3 is 18.7 Å². The van der Waals surface area contributed by atoms with Crippen molar-refractivity contribution in [2.24, 2.45) is 7.05 Å². The Hall–Kier alpha value is -2.50. The van der Waals surface area contributed by atoms with Gasteiger partial charge in [0.25, 0.3) is 5.89 Å². The summed E-state index contributed by atoms with van der Waals surface area (Å²) < 4.78 is 12.7. The lowest BCUT2D eigenvalue weighted by Crippen LogP contribution is -1.98. The van der Waals surface area contributed by atoms with Gasteiger partial charge in [0.05, 0.1) is 11.8 Å². The van der Waals surface area contributed by atoms with Gasteiger partial charge in [-0.25, -0.2) is 0 Å². The quantitative estimate of drug-likeness (QED) is 0.779. The number of nitrogens with zero attached hydrogens (tertiary/aromatic N) is 3. The maximum Gasteiger partial charge on any atom is 0.316 e. The highest BCUT2D eigenvalue weighted by Crippen LogP contribution is 2.24. The number of aromatic nitrogens is 3. The molecule has 0 fully saturated rings. The van der Waals surface area contributed by atoms with E-state index in [2.05, 4.69) is 15.5 Å². The van der Waals surface area contributed by atoms with Crippen LogP contribution in [-0.2, 0) is 13.6 Å². The smallest absolute Gasteiger partial charge is 0.316 e. The maximum atomic E-state index is 5.54. The topological polar surface area (TPSA) is 69.0 Å². The van der Waals surface area contributed by atoms with Crippen LogP contribution in [0.5, 0.6) is 0 Å². The third-order valence-corrected chi connectivity index (χ3v) is 2.85. The first-order valence-electron chi connectivity index (χ1n) is 5.95. The van der Waals surface area contributed by atoms with Crippen molar-refractivity contribution in [2.45, 2.75) is 13.5 Å². The lowest BCUT2D eigenvalue weighted by molar-refractivity contribution is 0.530. The Balaban J connectivity index is 1.70. The second kappa shape index (κ2) is 4.64. The molecule has 0 amide bonds. The van der Waals surface area contributed by atoms with Crippen LogP contribution >= 0.6 is 0 Å². The average Bonchev–Trinajstić information content (AvgIpc) is 3.07. The maximum absolute atomic E-state index is 5.54. The molecule has 0 aliphatic carbocycles. The fourth-order valence-corrected chi connectivity index (χ4v) is 1.85. The van der Waals surface area contributed by atoms with Crippen LogP contribution in [0.25, 0.3) is 11.5 Å². The molecule has 1 N–H and O–H groups in total. The van der Waals surface area contributed by atoms with Crippen molar-refractivity contribution in [3.8, 4) is 11.5 Å². The minimum atomic E-state index is 0.402. The summed E-state index contributed by atoms with van der Waals surface area (Å²) in [6.07, 6.45) is 5.63. The van der Waals surface area contributed by atoms with E-state index in [1.54, 1.807) is 6.26 Å². The lowest BCUT2D eigenvalue weighted by atomic mass is 10.3. The number of aryl methyl sites for hydroxylation is 2. The predicted octanol–water partition coefficient (Wildman–Crippen LogP) is 2.59. The summed E-state index contributed by atoms with van der Waals surface area (Å²) in [5.74, 6) is 1.22. The molecule has 3 aromatic rings. The van der Waals surface area contributed by atoms with Crippen molar-refractivity contribution < 1.29 is 8.83 Å². The highest BCUT2D eigenvalue weighted by molar-refractivity contribution is 5.55. The summed E-state index contributed by atoms with van der Waals surface area (Å²) in [4.78, 5) is 0. The molecule has 3 heterocycles. The minimum absolute atomic E-state index is 0.402. The van der Waals surface area contributed by atoms with Crippen LogP contribution in [0.1, 0.15) is 11.3 Å². The van der Waals surface area contributed by atoms with E-state index in [1.165, 1.54) is 0 Å². The molecule has 6 nitrogen and oxygen atoms in total. The number of hydrogen-bond donors (Lipinski definition) is 1. The third-order valence-electron chi connectivity index (χ3n) is 2.85. The van der Waals surface area contributed by atoms with Gasteiger partial charge in [-0.2, -0.15) is 0 Å². The molecule has 98 valence electrons. The molecule has 0 unspecified atom stereocenters. The summed E-state index contributed by atoms with van der Waals surface area (Å²) in [7, 11) is 1.98. The van der Waals surface area contributed by atoms with Gasteiger partial charge >= 0.3 is 6.01 Å². The average molecular weight is 258 g/mol. The first-order valence-corrected chi connectivity index (χ1v) is 5.95. The fraction of sp³-hybridized carbons (Fsp3) is 0.231. The van der Waals surface area contributed by atoms with Gasteiger partial charge in [-0.3, -0.25) is 0 Å². The summed E-state index contributed by atoms with van der Waals surface area (Å²) >= 11 is 0. The van der Waals surface area contributed by atoms with Crippen LogP contribution in [-0.4, -0.2) is 14.8 Å². The standard InChI is InChI=1S/C13H14N4O2/c1-9-11(4-6-18-9)12-15-16-13(19-12)14-7-10-3-5-17(2)8-10/h3-6,8H,7H2,1-2H3,(H,14,16). The van der Waals surface area contributed by atoms with Crippen molar-refractivity contribution in [1.82, 2.24) is 14.8 Å². The van der Waals surface area contributed by atoms with Crippen LogP contribution < -0.4 is 5.32 Å². The van der Waals surface area contributed by atoms with Gasteiger partial charge in [-0.1, -0.05) is 5.10 Å². The molecule has 0 aliphatic rings. The summed E-state index contributed by atoms with van der Waals surface area (Å²) in [6.45, 7) is 2.50. The highest BCUT2D eigenvalue weighted by atomic mass is 16.4. The van der Waals surface area contributed by atoms with Crippen molar-refractivity contribution in [3.05, 3.63) is 42.1 Å². The molecular formula is C13H14N4O2. The zero-order chi connectivity index (χ0) is 13.2. The number of furan rings is 1. The Kier molecular flexibility index (Phi) is 2.83. The number of anilines is 1. The van der Waals surface area contributed by atoms with Crippen LogP contribution in [0.2, 0.25) is 0 Å². The predicted molar refractivity (Wildman–Crippen MR) is 69.5 cm³/mol. The van der Waals surface area contributed by atoms with Gasteiger partial charge in [0.15, 0.2) is 0 Å². The third kappa shape index (κ3) is 2.37. The van der Waals surface area contributed by atoms with Crippen LogP contribution in [0.3, 0.4) is 0 Å². The molecule has 3 rings (SSSR count). The van der Waals surface area contributed by atoms with Crippen LogP contribution in [0, 0.1) is 6.92 Å². The fourth-order valence-electron chi connectivity index (χ4n) is 1.85. The van der Waals surface area contributed by atoms with Gasteiger partial charge in [0, 0.05) is 26.0 Å². The first kappa shape index (κ1) is 11.6. The van der Waals surface area contributed by atoms with Crippen molar-refractivity contribution in [2.75, 3.05) is 5.32 Å². The van der Waals surface area contributed by atoms with E-state index in [0.717, 1.165) is 16.9 Å². The van der Waals surface area contributed by atoms with E-state index >= 15 is 0 Å². The van der Waals surface area contributed by atoms with Crippen molar-refractivity contribution in [3.63, 3.8) is 0 Å². The Labute approximate surface area is 110 Å². The summed E-state index contributed by atoms with van der Waals surface area (Å²) in [6, 6.07) is 4.24. The zero-order valence-corrected chi connectivity index (χ0v) is 10.8. The molecule has 6 heteroatoms. The number of rotatable bonds is 4. The monoisotopic (exact) mass is 258 g/mol. The van der Waals surface area contributed by atoms with E-state index in [-0.39, 0.29) is 0 Å². The SMILES string of the molecule is Cc1occc1-c1nnc(NCc2ccn(C)c2)o1. The van der Waals surface area contributed by atoms with Crippen LogP contribution in [0.15, 0.2) is 39.6 Å². The highest BCUT2D eigenvalue weighted by Gasteiger charge is 2.12. The molecule has 0 atom stereocenters. The minimum Gasteiger partial charge on any atom is -0.469 e. The van der Waals surface area contributed by atoms with Gasteiger partial charge in [0.1, 0.15) is 5.76 Å². The van der Waals surface area contributed by atoms with Gasteiger partial charge in [0.2, 0.25) is 0 Å². The molecule has 0 saturated heterocycles. The number of hydrogen-bond acceptors (Lipinski definition) is 5. The molecule has 0 saturated carbocycles. The summed E-state index contributed by atoms with van der Waals surface area (Å²) in [5.41, 5.74) is 1.97. The molecule has 3 aromatic heterocycles. The molecule has 0 spiro atoms. The molecule has 0 aromatic carbocycles. The van der Waals surface area contributed by atoms with Crippen LogP contribution in [0.4, 0.5) is 6.01 Å². The molecule has 19 heavy (non-hydrogen) atoms. The molecular weight excluding hydrogens is 244 g/mol. The van der Waals surface area contributed by atoms with Crippen molar-refractivity contribution in [1.29, 1.82) is 0 Å². The van der Waals surface area contributed by atoms with E-state index < -0.39 is 0 Å². The lowest BCUT2D eigenvalue weighted by Gasteiger charge is -1.97. The normalized spacial score (nSPS) is 10.8. The Morgan fingerprint density at radius 2 is 2.21 bits per heavy atom. The Morgan fingerprint density at radius 3 is 2.89 bits per heavy atom.